The van der Waals surface area contributed by atoms with E-state index in [0.717, 1.165) is 9.75 Å². The second-order valence-corrected chi connectivity index (χ2v) is 7.37. The van der Waals surface area contributed by atoms with Crippen molar-refractivity contribution in [2.75, 3.05) is 13.1 Å². The summed E-state index contributed by atoms with van der Waals surface area (Å²) in [7, 11) is -3.53. The highest BCUT2D eigenvalue weighted by Crippen LogP contribution is 2.25. The number of hydrogen-bond acceptors (Lipinski definition) is 5. The third-order valence-corrected chi connectivity index (χ3v) is 5.48. The quantitative estimate of drug-likeness (QED) is 0.755. The molecule has 104 valence electrons. The lowest BCUT2D eigenvalue weighted by molar-refractivity contribution is 0.173. The molecule has 18 heavy (non-hydrogen) atoms. The SMILES string of the molecule is Cc1cc(S(=O)(=O)N[C@@H]2CNC[C@H]2O)c(C)s1.Cl. The first kappa shape index (κ1) is 15.9. The molecule has 0 radical (unpaired) electrons. The van der Waals surface area contributed by atoms with Crippen molar-refractivity contribution in [3.63, 3.8) is 0 Å². The van der Waals surface area contributed by atoms with Crippen LogP contribution in [-0.2, 0) is 10.0 Å². The van der Waals surface area contributed by atoms with Crippen LogP contribution in [0.3, 0.4) is 0 Å². The predicted molar refractivity (Wildman–Crippen MR) is 74.0 cm³/mol. The molecular formula is C10H17ClN2O3S2. The Kier molecular flexibility index (Phi) is 5.16. The van der Waals surface area contributed by atoms with Gasteiger partial charge in [0.15, 0.2) is 0 Å². The van der Waals surface area contributed by atoms with Crippen LogP contribution in [0.4, 0.5) is 0 Å². The Morgan fingerprint density at radius 3 is 2.56 bits per heavy atom. The molecule has 2 atom stereocenters. The van der Waals surface area contributed by atoms with Crippen molar-refractivity contribution in [2.45, 2.75) is 30.9 Å². The summed E-state index contributed by atoms with van der Waals surface area (Å²) in [6, 6.07) is 1.22. The zero-order valence-corrected chi connectivity index (χ0v) is 12.6. The minimum absolute atomic E-state index is 0. The maximum absolute atomic E-state index is 12.1. The molecule has 0 unspecified atom stereocenters. The van der Waals surface area contributed by atoms with E-state index in [1.165, 1.54) is 11.3 Å². The van der Waals surface area contributed by atoms with Crippen molar-refractivity contribution >= 4 is 33.8 Å². The van der Waals surface area contributed by atoms with Crippen LogP contribution in [0, 0.1) is 13.8 Å². The number of β-amino-alcohol motifs (C(OH)–C–C–N with tert-alkyl or cyclic N) is 1. The highest BCUT2D eigenvalue weighted by Gasteiger charge is 2.30. The fourth-order valence-corrected chi connectivity index (χ4v) is 4.75. The van der Waals surface area contributed by atoms with E-state index < -0.39 is 22.2 Å². The summed E-state index contributed by atoms with van der Waals surface area (Å²) in [5.41, 5.74) is 0. The van der Waals surface area contributed by atoms with Crippen LogP contribution in [0.25, 0.3) is 0 Å². The highest BCUT2D eigenvalue weighted by atomic mass is 35.5. The van der Waals surface area contributed by atoms with Gasteiger partial charge in [0.25, 0.3) is 0 Å². The molecule has 2 rings (SSSR count). The Balaban J connectivity index is 0.00000162. The molecule has 8 heteroatoms. The van der Waals surface area contributed by atoms with E-state index in [2.05, 4.69) is 10.0 Å². The molecular weight excluding hydrogens is 296 g/mol. The van der Waals surface area contributed by atoms with E-state index in [9.17, 15) is 13.5 Å². The molecule has 0 saturated carbocycles. The number of nitrogens with one attached hydrogen (secondary N) is 2. The standard InChI is InChI=1S/C10H16N2O3S2.ClH/c1-6-3-10(7(2)16-6)17(14,15)12-8-4-11-5-9(8)13;/h3,8-9,11-13H,4-5H2,1-2H3;1H/t8-,9-;/m1./s1. The summed E-state index contributed by atoms with van der Waals surface area (Å²) in [4.78, 5) is 2.06. The first-order chi connectivity index (χ1) is 7.90. The van der Waals surface area contributed by atoms with Crippen LogP contribution in [0.2, 0.25) is 0 Å². The molecule has 1 aromatic heterocycles. The summed E-state index contributed by atoms with van der Waals surface area (Å²) in [6.45, 7) is 4.55. The molecule has 1 aliphatic heterocycles. The molecule has 0 aliphatic carbocycles. The van der Waals surface area contributed by atoms with Gasteiger partial charge in [-0.15, -0.1) is 23.7 Å². The molecule has 5 nitrogen and oxygen atoms in total. The number of sulfonamides is 1. The van der Waals surface area contributed by atoms with E-state index in [0.29, 0.717) is 18.0 Å². The number of thiophene rings is 1. The van der Waals surface area contributed by atoms with Gasteiger partial charge in [-0.25, -0.2) is 13.1 Å². The smallest absolute Gasteiger partial charge is 0.242 e. The van der Waals surface area contributed by atoms with Crippen LogP contribution in [0.1, 0.15) is 9.75 Å². The van der Waals surface area contributed by atoms with Crippen LogP contribution < -0.4 is 10.0 Å². The van der Waals surface area contributed by atoms with Gasteiger partial charge in [0, 0.05) is 22.8 Å². The average molecular weight is 313 g/mol. The Morgan fingerprint density at radius 2 is 2.11 bits per heavy atom. The van der Waals surface area contributed by atoms with Crippen molar-refractivity contribution < 1.29 is 13.5 Å². The topological polar surface area (TPSA) is 78.4 Å². The van der Waals surface area contributed by atoms with Gasteiger partial charge in [-0.05, 0) is 19.9 Å². The van der Waals surface area contributed by atoms with Gasteiger partial charge in [-0.1, -0.05) is 0 Å². The molecule has 1 aliphatic rings. The number of hydrogen-bond donors (Lipinski definition) is 3. The maximum Gasteiger partial charge on any atom is 0.242 e. The van der Waals surface area contributed by atoms with Crippen molar-refractivity contribution in [1.82, 2.24) is 10.0 Å². The number of aliphatic hydroxyl groups excluding tert-OH is 1. The van der Waals surface area contributed by atoms with Gasteiger partial charge in [0.05, 0.1) is 17.0 Å². The molecule has 2 heterocycles. The summed E-state index contributed by atoms with van der Waals surface area (Å²) in [5.74, 6) is 0. The van der Waals surface area contributed by atoms with Gasteiger partial charge in [0.2, 0.25) is 10.0 Å². The molecule has 0 amide bonds. The maximum atomic E-state index is 12.1. The van der Waals surface area contributed by atoms with Gasteiger partial charge in [-0.2, -0.15) is 0 Å². The normalized spacial score (nSPS) is 23.9. The molecule has 0 bridgehead atoms. The molecule has 1 saturated heterocycles. The number of aliphatic hydroxyl groups is 1. The van der Waals surface area contributed by atoms with Crippen molar-refractivity contribution in [3.05, 3.63) is 15.8 Å². The Morgan fingerprint density at radius 1 is 1.44 bits per heavy atom. The molecule has 0 spiro atoms. The Hall–Kier alpha value is -0.180. The third kappa shape index (κ3) is 3.23. The summed E-state index contributed by atoms with van der Waals surface area (Å²) < 4.78 is 26.8. The largest absolute Gasteiger partial charge is 0.390 e. The first-order valence-electron chi connectivity index (χ1n) is 5.38. The third-order valence-electron chi connectivity index (χ3n) is 2.77. The lowest BCUT2D eigenvalue weighted by atomic mass is 10.2. The molecule has 0 aromatic carbocycles. The fraction of sp³-hybridized carbons (Fsp3) is 0.600. The van der Waals surface area contributed by atoms with Crippen molar-refractivity contribution in [1.29, 1.82) is 0 Å². The molecule has 1 aromatic rings. The highest BCUT2D eigenvalue weighted by molar-refractivity contribution is 7.89. The lowest BCUT2D eigenvalue weighted by Gasteiger charge is -2.15. The lowest BCUT2D eigenvalue weighted by Crippen LogP contribution is -2.42. The van der Waals surface area contributed by atoms with Gasteiger partial charge >= 0.3 is 0 Å². The Labute approximate surface area is 117 Å². The van der Waals surface area contributed by atoms with Crippen LogP contribution in [-0.4, -0.2) is 38.8 Å². The first-order valence-corrected chi connectivity index (χ1v) is 7.68. The number of aryl methyl sites for hydroxylation is 2. The van der Waals surface area contributed by atoms with E-state index in [-0.39, 0.29) is 12.4 Å². The van der Waals surface area contributed by atoms with Gasteiger partial charge in [-0.3, -0.25) is 0 Å². The van der Waals surface area contributed by atoms with Gasteiger partial charge < -0.3 is 10.4 Å². The number of rotatable bonds is 3. The summed E-state index contributed by atoms with van der Waals surface area (Å²) >= 11 is 1.46. The second kappa shape index (κ2) is 5.85. The minimum Gasteiger partial charge on any atom is -0.390 e. The summed E-state index contributed by atoms with van der Waals surface area (Å²) in [6.07, 6.45) is -0.662. The predicted octanol–water partition coefficient (Wildman–Crippen LogP) is 0.398. The van der Waals surface area contributed by atoms with E-state index in [1.807, 2.05) is 6.92 Å². The zero-order valence-electron chi connectivity index (χ0n) is 10.1. The monoisotopic (exact) mass is 312 g/mol. The summed E-state index contributed by atoms with van der Waals surface area (Å²) in [5, 5.41) is 12.5. The van der Waals surface area contributed by atoms with Gasteiger partial charge in [0.1, 0.15) is 0 Å². The number of halogens is 1. The fourth-order valence-electron chi connectivity index (χ4n) is 1.92. The second-order valence-electron chi connectivity index (χ2n) is 4.23. The van der Waals surface area contributed by atoms with E-state index >= 15 is 0 Å². The molecule has 3 N–H and O–H groups in total. The van der Waals surface area contributed by atoms with Crippen molar-refractivity contribution in [3.8, 4) is 0 Å². The minimum atomic E-state index is -3.53. The van der Waals surface area contributed by atoms with Crippen LogP contribution in [0.15, 0.2) is 11.0 Å². The van der Waals surface area contributed by atoms with E-state index in [1.54, 1.807) is 13.0 Å². The Bertz CT molecular complexity index is 515. The average Bonchev–Trinajstić information content (AvgIpc) is 2.74. The zero-order chi connectivity index (χ0) is 12.6. The molecule has 1 fully saturated rings. The van der Waals surface area contributed by atoms with Crippen molar-refractivity contribution in [2.24, 2.45) is 0 Å². The van der Waals surface area contributed by atoms with Crippen LogP contribution >= 0.6 is 23.7 Å². The van der Waals surface area contributed by atoms with Crippen LogP contribution in [0.5, 0.6) is 0 Å². The van der Waals surface area contributed by atoms with E-state index in [4.69, 9.17) is 0 Å².